The normalized spacial score (nSPS) is 20.8. The van der Waals surface area contributed by atoms with Crippen molar-refractivity contribution in [3.8, 4) is 5.75 Å². The summed E-state index contributed by atoms with van der Waals surface area (Å²) in [6, 6.07) is 3.88. The van der Waals surface area contributed by atoms with E-state index in [2.05, 4.69) is 18.8 Å². The third-order valence-corrected chi connectivity index (χ3v) is 5.18. The number of rotatable bonds is 9. The lowest BCUT2D eigenvalue weighted by molar-refractivity contribution is -0.140. The number of aryl methyl sites for hydroxylation is 1. The van der Waals surface area contributed by atoms with Gasteiger partial charge in [0.25, 0.3) is 0 Å². The maximum absolute atomic E-state index is 12.3. The topological polar surface area (TPSA) is 39.2 Å². The first-order valence-corrected chi connectivity index (χ1v) is 9.89. The molecule has 24 heavy (non-hydrogen) atoms. The zero-order chi connectivity index (χ0) is 17.2. The molecule has 1 heterocycles. The number of ether oxygens (including phenoxy) is 1. The maximum Gasteiger partial charge on any atom is 0.314 e. The standard InChI is InChI=1S/C21H33NO2/c1-3-5-6-7-9-19-14-15-20(16-22-19)24-21(23)18-12-10-17(8-4-2)11-13-18/h14-18H,3-13H2,1-2H3/t17-,18-. The lowest BCUT2D eigenvalue weighted by Crippen LogP contribution is -2.25. The molecule has 0 saturated heterocycles. The van der Waals surface area contributed by atoms with Crippen LogP contribution in [0.1, 0.15) is 83.7 Å². The first kappa shape index (κ1) is 19.0. The van der Waals surface area contributed by atoms with Crippen molar-refractivity contribution in [2.24, 2.45) is 11.8 Å². The number of carbonyl (C=O) groups is 1. The Morgan fingerprint density at radius 2 is 1.88 bits per heavy atom. The van der Waals surface area contributed by atoms with Crippen molar-refractivity contribution in [2.75, 3.05) is 0 Å². The second-order valence-electron chi connectivity index (χ2n) is 7.22. The minimum absolute atomic E-state index is 0.0672. The molecule has 0 aliphatic heterocycles. The van der Waals surface area contributed by atoms with Crippen molar-refractivity contribution in [1.29, 1.82) is 0 Å². The summed E-state index contributed by atoms with van der Waals surface area (Å²) in [4.78, 5) is 16.7. The van der Waals surface area contributed by atoms with E-state index in [9.17, 15) is 4.79 Å². The van der Waals surface area contributed by atoms with Crippen LogP contribution < -0.4 is 4.74 Å². The zero-order valence-corrected chi connectivity index (χ0v) is 15.4. The number of unbranched alkanes of at least 4 members (excludes halogenated alkanes) is 3. The third kappa shape index (κ3) is 6.26. The quantitative estimate of drug-likeness (QED) is 0.429. The van der Waals surface area contributed by atoms with Crippen molar-refractivity contribution >= 4 is 5.97 Å². The fourth-order valence-corrected chi connectivity index (χ4v) is 3.65. The van der Waals surface area contributed by atoms with Crippen molar-refractivity contribution in [3.63, 3.8) is 0 Å². The monoisotopic (exact) mass is 331 g/mol. The molecule has 1 aliphatic rings. The van der Waals surface area contributed by atoms with Crippen LogP contribution in [0.3, 0.4) is 0 Å². The molecule has 0 amide bonds. The van der Waals surface area contributed by atoms with Gasteiger partial charge in [-0.2, -0.15) is 0 Å². The van der Waals surface area contributed by atoms with Gasteiger partial charge < -0.3 is 4.74 Å². The van der Waals surface area contributed by atoms with Gasteiger partial charge in [-0.05, 0) is 56.6 Å². The van der Waals surface area contributed by atoms with E-state index < -0.39 is 0 Å². The Labute approximate surface area is 147 Å². The highest BCUT2D eigenvalue weighted by atomic mass is 16.5. The molecule has 0 aromatic carbocycles. The van der Waals surface area contributed by atoms with Crippen molar-refractivity contribution < 1.29 is 9.53 Å². The van der Waals surface area contributed by atoms with Gasteiger partial charge in [-0.25, -0.2) is 0 Å². The van der Waals surface area contributed by atoms with Gasteiger partial charge in [-0.15, -0.1) is 0 Å². The van der Waals surface area contributed by atoms with Crippen molar-refractivity contribution in [2.45, 2.75) is 84.5 Å². The van der Waals surface area contributed by atoms with Gasteiger partial charge >= 0.3 is 5.97 Å². The number of hydrogen-bond acceptors (Lipinski definition) is 3. The van der Waals surface area contributed by atoms with Crippen molar-refractivity contribution in [3.05, 3.63) is 24.0 Å². The van der Waals surface area contributed by atoms with Gasteiger partial charge in [0.05, 0.1) is 12.1 Å². The highest BCUT2D eigenvalue weighted by molar-refractivity contribution is 5.75. The van der Waals surface area contributed by atoms with Gasteiger partial charge in [-0.1, -0.05) is 46.0 Å². The average Bonchev–Trinajstić information content (AvgIpc) is 2.61. The summed E-state index contributed by atoms with van der Waals surface area (Å²) in [6.45, 7) is 4.46. The number of aromatic nitrogens is 1. The highest BCUT2D eigenvalue weighted by Gasteiger charge is 2.27. The van der Waals surface area contributed by atoms with Gasteiger partial charge in [0.1, 0.15) is 5.75 Å². The van der Waals surface area contributed by atoms with E-state index in [0.717, 1.165) is 30.9 Å². The fraction of sp³-hybridized carbons (Fsp3) is 0.714. The molecule has 134 valence electrons. The summed E-state index contributed by atoms with van der Waals surface area (Å²) in [5.41, 5.74) is 1.09. The molecule has 2 rings (SSSR count). The molecular formula is C21H33NO2. The van der Waals surface area contributed by atoms with E-state index in [0.29, 0.717) is 5.75 Å². The summed E-state index contributed by atoms with van der Waals surface area (Å²) in [7, 11) is 0. The number of pyridine rings is 1. The van der Waals surface area contributed by atoms with Crippen LogP contribution >= 0.6 is 0 Å². The molecule has 0 atom stereocenters. The number of hydrogen-bond donors (Lipinski definition) is 0. The second kappa shape index (κ2) is 10.5. The molecule has 0 radical (unpaired) electrons. The van der Waals surface area contributed by atoms with Crippen molar-refractivity contribution in [1.82, 2.24) is 4.98 Å². The smallest absolute Gasteiger partial charge is 0.314 e. The third-order valence-electron chi connectivity index (χ3n) is 5.18. The van der Waals surface area contributed by atoms with Crippen LogP contribution in [0, 0.1) is 11.8 Å². The highest BCUT2D eigenvalue weighted by Crippen LogP contribution is 2.32. The summed E-state index contributed by atoms with van der Waals surface area (Å²) in [5, 5.41) is 0. The molecule has 1 aromatic rings. The van der Waals surface area contributed by atoms with Crippen LogP contribution in [0.5, 0.6) is 5.75 Å². The zero-order valence-electron chi connectivity index (χ0n) is 15.4. The Hall–Kier alpha value is -1.38. The Morgan fingerprint density at radius 1 is 1.08 bits per heavy atom. The molecule has 1 aromatic heterocycles. The van der Waals surface area contributed by atoms with E-state index in [1.54, 1.807) is 6.20 Å². The molecule has 1 aliphatic carbocycles. The second-order valence-corrected chi connectivity index (χ2v) is 7.22. The number of esters is 1. The molecule has 0 bridgehead atoms. The number of nitrogens with zero attached hydrogens (tertiary/aromatic N) is 1. The first-order chi connectivity index (χ1) is 11.7. The molecule has 0 unspecified atom stereocenters. The Balaban J connectivity index is 1.74. The van der Waals surface area contributed by atoms with Crippen LogP contribution in [-0.2, 0) is 11.2 Å². The fourth-order valence-electron chi connectivity index (χ4n) is 3.65. The molecule has 0 N–H and O–H groups in total. The minimum atomic E-state index is -0.0672. The van der Waals surface area contributed by atoms with E-state index in [1.165, 1.54) is 51.4 Å². The molecule has 1 fully saturated rings. The first-order valence-electron chi connectivity index (χ1n) is 9.89. The van der Waals surface area contributed by atoms with Crippen LogP contribution in [0.2, 0.25) is 0 Å². The molecule has 0 spiro atoms. The summed E-state index contributed by atoms with van der Waals surface area (Å²) in [5.74, 6) is 1.41. The van der Waals surface area contributed by atoms with E-state index in [-0.39, 0.29) is 11.9 Å². The largest absolute Gasteiger partial charge is 0.425 e. The Bertz CT molecular complexity index is 475. The summed E-state index contributed by atoms with van der Waals surface area (Å²) >= 11 is 0. The average molecular weight is 332 g/mol. The van der Waals surface area contributed by atoms with Crippen LogP contribution in [0.4, 0.5) is 0 Å². The molecule has 3 nitrogen and oxygen atoms in total. The minimum Gasteiger partial charge on any atom is -0.425 e. The molecule has 3 heteroatoms. The van der Waals surface area contributed by atoms with Crippen LogP contribution in [0.15, 0.2) is 18.3 Å². The van der Waals surface area contributed by atoms with E-state index >= 15 is 0 Å². The van der Waals surface area contributed by atoms with Crippen LogP contribution in [-0.4, -0.2) is 11.0 Å². The Morgan fingerprint density at radius 3 is 2.50 bits per heavy atom. The summed E-state index contributed by atoms with van der Waals surface area (Å²) in [6.07, 6.45) is 14.5. The maximum atomic E-state index is 12.3. The lowest BCUT2D eigenvalue weighted by atomic mass is 9.80. The van der Waals surface area contributed by atoms with Gasteiger partial charge in [0.2, 0.25) is 0 Å². The Kier molecular flexibility index (Phi) is 8.27. The van der Waals surface area contributed by atoms with E-state index in [4.69, 9.17) is 4.74 Å². The van der Waals surface area contributed by atoms with Gasteiger partial charge in [0, 0.05) is 5.69 Å². The van der Waals surface area contributed by atoms with Gasteiger partial charge in [0.15, 0.2) is 0 Å². The predicted molar refractivity (Wildman–Crippen MR) is 98.1 cm³/mol. The predicted octanol–water partition coefficient (Wildman–Crippen LogP) is 5.72. The SMILES string of the molecule is CCCCCCc1ccc(OC(=O)[C@H]2CC[C@H](CCC)CC2)cn1. The molecule has 1 saturated carbocycles. The van der Waals surface area contributed by atoms with E-state index in [1.807, 2.05) is 12.1 Å². The van der Waals surface area contributed by atoms with Crippen LogP contribution in [0.25, 0.3) is 0 Å². The lowest BCUT2D eigenvalue weighted by Gasteiger charge is -2.26. The summed E-state index contributed by atoms with van der Waals surface area (Å²) < 4.78 is 5.55. The number of carbonyl (C=O) groups excluding carboxylic acids is 1. The molecular weight excluding hydrogens is 298 g/mol. The van der Waals surface area contributed by atoms with Gasteiger partial charge in [-0.3, -0.25) is 9.78 Å².